The minimum Gasteiger partial charge on any atom is -0.396 e. The number of rotatable bonds is 3. The lowest BCUT2D eigenvalue weighted by Gasteiger charge is -2.33. The molecule has 2 atom stereocenters. The van der Waals surface area contributed by atoms with Crippen LogP contribution in [-0.2, 0) is 4.79 Å². The van der Waals surface area contributed by atoms with Crippen LogP contribution < -0.4 is 0 Å². The van der Waals surface area contributed by atoms with Crippen LogP contribution in [0.1, 0.15) is 25.8 Å². The van der Waals surface area contributed by atoms with Gasteiger partial charge in [0.2, 0.25) is 5.91 Å². The fourth-order valence-electron chi connectivity index (χ4n) is 2.30. The zero-order valence-electron chi connectivity index (χ0n) is 10.1. The van der Waals surface area contributed by atoms with E-state index in [2.05, 4.69) is 5.10 Å². The maximum atomic E-state index is 12.2. The van der Waals surface area contributed by atoms with Crippen LogP contribution in [0.4, 0.5) is 0 Å². The van der Waals surface area contributed by atoms with Gasteiger partial charge in [-0.25, -0.2) is 0 Å². The standard InChI is InChI=1S/C12H19N3O2/c1-10(15-7-3-5-13-15)12(17)14-6-2-4-11(8-14)9-16/h3,5,7,10-11,16H,2,4,6,8-9H2,1H3. The monoisotopic (exact) mass is 237 g/mol. The lowest BCUT2D eigenvalue weighted by Crippen LogP contribution is -2.43. The summed E-state index contributed by atoms with van der Waals surface area (Å²) in [6.07, 6.45) is 5.46. The van der Waals surface area contributed by atoms with Gasteiger partial charge in [-0.1, -0.05) is 0 Å². The van der Waals surface area contributed by atoms with E-state index in [1.807, 2.05) is 17.9 Å². The molecule has 0 aliphatic carbocycles. The summed E-state index contributed by atoms with van der Waals surface area (Å²) in [6.45, 7) is 3.49. The summed E-state index contributed by atoms with van der Waals surface area (Å²) in [5, 5.41) is 13.2. The van der Waals surface area contributed by atoms with Gasteiger partial charge in [0.1, 0.15) is 6.04 Å². The smallest absolute Gasteiger partial charge is 0.247 e. The second kappa shape index (κ2) is 5.31. The van der Waals surface area contributed by atoms with E-state index in [0.29, 0.717) is 6.54 Å². The third-order valence-electron chi connectivity index (χ3n) is 3.37. The fraction of sp³-hybridized carbons (Fsp3) is 0.667. The van der Waals surface area contributed by atoms with Crippen molar-refractivity contribution in [2.45, 2.75) is 25.8 Å². The van der Waals surface area contributed by atoms with Gasteiger partial charge in [-0.2, -0.15) is 5.10 Å². The largest absolute Gasteiger partial charge is 0.396 e. The quantitative estimate of drug-likeness (QED) is 0.840. The van der Waals surface area contributed by atoms with Crippen molar-refractivity contribution >= 4 is 5.91 Å². The topological polar surface area (TPSA) is 58.4 Å². The molecule has 2 unspecified atom stereocenters. The summed E-state index contributed by atoms with van der Waals surface area (Å²) in [4.78, 5) is 14.1. The van der Waals surface area contributed by atoms with Gasteiger partial charge in [0.15, 0.2) is 0 Å². The molecule has 1 saturated heterocycles. The second-order valence-electron chi connectivity index (χ2n) is 4.64. The van der Waals surface area contributed by atoms with E-state index in [9.17, 15) is 4.79 Å². The van der Waals surface area contributed by atoms with Crippen LogP contribution in [-0.4, -0.2) is 45.4 Å². The SMILES string of the molecule is CC(C(=O)N1CCCC(CO)C1)n1cccn1. The molecular formula is C12H19N3O2. The number of piperidine rings is 1. The molecule has 1 fully saturated rings. The van der Waals surface area contributed by atoms with Crippen LogP contribution in [0.3, 0.4) is 0 Å². The van der Waals surface area contributed by atoms with Crippen molar-refractivity contribution in [3.05, 3.63) is 18.5 Å². The van der Waals surface area contributed by atoms with Crippen molar-refractivity contribution in [3.63, 3.8) is 0 Å². The molecule has 17 heavy (non-hydrogen) atoms. The first-order valence-corrected chi connectivity index (χ1v) is 6.11. The minimum absolute atomic E-state index is 0.0897. The number of aliphatic hydroxyl groups is 1. The number of aliphatic hydroxyl groups excluding tert-OH is 1. The molecule has 2 heterocycles. The lowest BCUT2D eigenvalue weighted by atomic mass is 9.98. The number of nitrogens with zero attached hydrogens (tertiary/aromatic N) is 3. The number of likely N-dealkylation sites (tertiary alicyclic amines) is 1. The first kappa shape index (κ1) is 12.1. The molecule has 1 amide bonds. The summed E-state index contributed by atoms with van der Waals surface area (Å²) >= 11 is 0. The summed E-state index contributed by atoms with van der Waals surface area (Å²) in [6, 6.07) is 1.55. The van der Waals surface area contributed by atoms with Gasteiger partial charge in [0.25, 0.3) is 0 Å². The summed E-state index contributed by atoms with van der Waals surface area (Å²) in [5.74, 6) is 0.323. The summed E-state index contributed by atoms with van der Waals surface area (Å²) < 4.78 is 1.67. The van der Waals surface area contributed by atoms with Crippen molar-refractivity contribution in [1.82, 2.24) is 14.7 Å². The highest BCUT2D eigenvalue weighted by Gasteiger charge is 2.27. The molecule has 2 rings (SSSR count). The molecule has 1 aliphatic rings. The van der Waals surface area contributed by atoms with Crippen molar-refractivity contribution in [2.24, 2.45) is 5.92 Å². The number of aromatic nitrogens is 2. The Kier molecular flexibility index (Phi) is 3.78. The predicted octanol–water partition coefficient (Wildman–Crippen LogP) is 0.675. The predicted molar refractivity (Wildman–Crippen MR) is 63.3 cm³/mol. The van der Waals surface area contributed by atoms with Crippen LogP contribution in [0, 0.1) is 5.92 Å². The average Bonchev–Trinajstić information content (AvgIpc) is 2.91. The van der Waals surface area contributed by atoms with E-state index in [4.69, 9.17) is 5.11 Å². The average molecular weight is 237 g/mol. The molecule has 0 spiro atoms. The van der Waals surface area contributed by atoms with Crippen LogP contribution in [0.5, 0.6) is 0 Å². The van der Waals surface area contributed by atoms with E-state index in [-0.39, 0.29) is 24.5 Å². The molecule has 0 radical (unpaired) electrons. The van der Waals surface area contributed by atoms with Crippen LogP contribution in [0.2, 0.25) is 0 Å². The minimum atomic E-state index is -0.262. The Balaban J connectivity index is 1.99. The van der Waals surface area contributed by atoms with Crippen LogP contribution in [0.25, 0.3) is 0 Å². The molecule has 5 heteroatoms. The maximum Gasteiger partial charge on any atom is 0.247 e. The van der Waals surface area contributed by atoms with Crippen LogP contribution >= 0.6 is 0 Å². The molecular weight excluding hydrogens is 218 g/mol. The zero-order chi connectivity index (χ0) is 12.3. The summed E-state index contributed by atoms with van der Waals surface area (Å²) in [5.41, 5.74) is 0. The van der Waals surface area contributed by atoms with Crippen molar-refractivity contribution in [1.29, 1.82) is 0 Å². The highest BCUT2D eigenvalue weighted by atomic mass is 16.3. The first-order valence-electron chi connectivity index (χ1n) is 6.11. The normalized spacial score (nSPS) is 22.5. The van der Waals surface area contributed by atoms with E-state index in [0.717, 1.165) is 19.4 Å². The van der Waals surface area contributed by atoms with E-state index >= 15 is 0 Å². The van der Waals surface area contributed by atoms with Crippen molar-refractivity contribution in [2.75, 3.05) is 19.7 Å². The van der Waals surface area contributed by atoms with E-state index in [1.165, 1.54) is 0 Å². The third-order valence-corrected chi connectivity index (χ3v) is 3.37. The fourth-order valence-corrected chi connectivity index (χ4v) is 2.30. The molecule has 0 saturated carbocycles. The Morgan fingerprint density at radius 3 is 3.12 bits per heavy atom. The van der Waals surface area contributed by atoms with Gasteiger partial charge in [-0.15, -0.1) is 0 Å². The Morgan fingerprint density at radius 1 is 1.65 bits per heavy atom. The van der Waals surface area contributed by atoms with E-state index < -0.39 is 0 Å². The molecule has 0 bridgehead atoms. The molecule has 94 valence electrons. The number of hydrogen-bond acceptors (Lipinski definition) is 3. The highest BCUT2D eigenvalue weighted by Crippen LogP contribution is 2.19. The van der Waals surface area contributed by atoms with Gasteiger partial charge in [-0.3, -0.25) is 9.48 Å². The van der Waals surface area contributed by atoms with Crippen molar-refractivity contribution < 1.29 is 9.90 Å². The number of amides is 1. The van der Waals surface area contributed by atoms with Gasteiger partial charge in [-0.05, 0) is 31.7 Å². The Bertz CT molecular complexity index is 364. The second-order valence-corrected chi connectivity index (χ2v) is 4.64. The molecule has 1 N–H and O–H groups in total. The van der Waals surface area contributed by atoms with Gasteiger partial charge < -0.3 is 10.0 Å². The Labute approximate surface area is 101 Å². The van der Waals surface area contributed by atoms with Crippen molar-refractivity contribution in [3.8, 4) is 0 Å². The zero-order valence-corrected chi connectivity index (χ0v) is 10.1. The van der Waals surface area contributed by atoms with E-state index in [1.54, 1.807) is 17.1 Å². The highest BCUT2D eigenvalue weighted by molar-refractivity contribution is 5.80. The van der Waals surface area contributed by atoms with Gasteiger partial charge in [0.05, 0.1) is 0 Å². The third kappa shape index (κ3) is 2.66. The molecule has 1 aliphatic heterocycles. The van der Waals surface area contributed by atoms with Crippen LogP contribution in [0.15, 0.2) is 18.5 Å². The first-order chi connectivity index (χ1) is 8.22. The lowest BCUT2D eigenvalue weighted by molar-refractivity contribution is -0.136. The summed E-state index contributed by atoms with van der Waals surface area (Å²) in [7, 11) is 0. The molecule has 1 aromatic heterocycles. The molecule has 0 aromatic carbocycles. The van der Waals surface area contributed by atoms with Gasteiger partial charge in [0, 0.05) is 32.1 Å². The Hall–Kier alpha value is -1.36. The molecule has 1 aromatic rings. The number of carbonyl (C=O) groups excluding carboxylic acids is 1. The number of carbonyl (C=O) groups is 1. The van der Waals surface area contributed by atoms with Gasteiger partial charge >= 0.3 is 0 Å². The number of hydrogen-bond donors (Lipinski definition) is 1. The Morgan fingerprint density at radius 2 is 2.47 bits per heavy atom. The maximum absolute atomic E-state index is 12.2. The molecule has 5 nitrogen and oxygen atoms in total.